The quantitative estimate of drug-likeness (QED) is 0.557. The van der Waals surface area contributed by atoms with E-state index in [1.54, 1.807) is 7.05 Å². The van der Waals surface area contributed by atoms with Crippen LogP contribution in [0.25, 0.3) is 10.8 Å². The number of hydrogen-bond donors (Lipinski definition) is 2. The van der Waals surface area contributed by atoms with Crippen molar-refractivity contribution in [3.8, 4) is 0 Å². The number of aromatic nitrogens is 1. The van der Waals surface area contributed by atoms with Crippen LogP contribution in [-0.2, 0) is 0 Å². The lowest BCUT2D eigenvalue weighted by Crippen LogP contribution is -2.49. The third-order valence-corrected chi connectivity index (χ3v) is 9.83. The molecule has 0 aliphatic heterocycles. The Hall–Kier alpha value is -2.01. The van der Waals surface area contributed by atoms with Crippen molar-refractivity contribution in [2.45, 2.75) is 75.9 Å². The predicted molar refractivity (Wildman–Crippen MR) is 131 cm³/mol. The lowest BCUT2D eigenvalue weighted by Gasteiger charge is -2.49. The second-order valence-corrected chi connectivity index (χ2v) is 11.4. The van der Waals surface area contributed by atoms with Crippen molar-refractivity contribution in [1.82, 2.24) is 10.0 Å². The maximum Gasteiger partial charge on any atom is 0.0927 e. The highest BCUT2D eigenvalue weighted by Crippen LogP contribution is 2.64. The summed E-state index contributed by atoms with van der Waals surface area (Å²) >= 11 is 0. The Morgan fingerprint density at radius 3 is 2.82 bits per heavy atom. The fourth-order valence-electron chi connectivity index (χ4n) is 7.94. The number of hydroxylamine groups is 2. The lowest BCUT2D eigenvalue weighted by molar-refractivity contribution is -0.113. The molecule has 2 N–H and O–H groups in total. The lowest BCUT2D eigenvalue weighted by atomic mass is 9.58. The highest BCUT2D eigenvalue weighted by molar-refractivity contribution is 5.82. The number of benzene rings is 1. The fourth-order valence-corrected chi connectivity index (χ4v) is 7.94. The van der Waals surface area contributed by atoms with E-state index in [0.717, 1.165) is 51.4 Å². The van der Waals surface area contributed by atoms with Crippen molar-refractivity contribution in [2.75, 3.05) is 7.05 Å². The van der Waals surface area contributed by atoms with Gasteiger partial charge in [-0.2, -0.15) is 5.06 Å². The molecular formula is C29H36N2O2. The maximum absolute atomic E-state index is 12.3. The van der Waals surface area contributed by atoms with Gasteiger partial charge in [-0.15, -0.1) is 0 Å². The zero-order valence-electron chi connectivity index (χ0n) is 19.9. The highest BCUT2D eigenvalue weighted by Gasteiger charge is 2.58. The Labute approximate surface area is 197 Å². The van der Waals surface area contributed by atoms with Gasteiger partial charge in [-0.1, -0.05) is 36.8 Å². The zero-order valence-corrected chi connectivity index (χ0v) is 19.9. The molecule has 1 aromatic carbocycles. The van der Waals surface area contributed by atoms with Gasteiger partial charge in [0, 0.05) is 30.9 Å². The number of fused-ring (bicyclic) bond motifs is 5. The molecule has 0 saturated heterocycles. The molecule has 0 amide bonds. The first-order valence-corrected chi connectivity index (χ1v) is 12.8. The van der Waals surface area contributed by atoms with Gasteiger partial charge in [0.25, 0.3) is 0 Å². The van der Waals surface area contributed by atoms with E-state index < -0.39 is 5.60 Å². The van der Waals surface area contributed by atoms with Crippen molar-refractivity contribution in [3.63, 3.8) is 0 Å². The minimum atomic E-state index is -0.731. The molecule has 0 bridgehead atoms. The molecule has 33 heavy (non-hydrogen) atoms. The van der Waals surface area contributed by atoms with E-state index in [0.29, 0.717) is 11.8 Å². The van der Waals surface area contributed by atoms with E-state index in [1.807, 2.05) is 12.4 Å². The molecule has 1 aromatic heterocycles. The molecule has 4 aliphatic carbocycles. The Balaban J connectivity index is 1.32. The molecule has 0 radical (unpaired) electrons. The van der Waals surface area contributed by atoms with E-state index in [9.17, 15) is 10.3 Å². The number of rotatable bonds is 2. The van der Waals surface area contributed by atoms with Crippen LogP contribution in [-0.4, -0.2) is 39.1 Å². The average Bonchev–Trinajstić information content (AvgIpc) is 3.10. The van der Waals surface area contributed by atoms with Crippen molar-refractivity contribution < 1.29 is 10.3 Å². The van der Waals surface area contributed by atoms with E-state index in [-0.39, 0.29) is 17.4 Å². The first-order valence-electron chi connectivity index (χ1n) is 12.8. The molecule has 4 aliphatic rings. The highest BCUT2D eigenvalue weighted by atomic mass is 16.5. The molecule has 4 nitrogen and oxygen atoms in total. The summed E-state index contributed by atoms with van der Waals surface area (Å²) in [6.45, 7) is 2.43. The molecule has 1 heterocycles. The van der Waals surface area contributed by atoms with Gasteiger partial charge in [-0.3, -0.25) is 4.98 Å². The van der Waals surface area contributed by atoms with Gasteiger partial charge in [0.2, 0.25) is 0 Å². The molecule has 174 valence electrons. The largest absolute Gasteiger partial charge is 0.385 e. The van der Waals surface area contributed by atoms with Crippen LogP contribution < -0.4 is 0 Å². The SMILES string of the molecule is CN(O)C1CCC2=CC3=CCC4(C)C(c5ccc6ccncc6c5)CCC4[C@@]3(O)CCC2C1. The number of aliphatic hydroxyl groups is 1. The summed E-state index contributed by atoms with van der Waals surface area (Å²) in [7, 11) is 1.78. The summed E-state index contributed by atoms with van der Waals surface area (Å²) in [6, 6.07) is 9.18. The summed E-state index contributed by atoms with van der Waals surface area (Å²) in [6.07, 6.45) is 16.7. The minimum Gasteiger partial charge on any atom is -0.385 e. The van der Waals surface area contributed by atoms with Crippen LogP contribution in [0, 0.1) is 17.3 Å². The van der Waals surface area contributed by atoms with E-state index >= 15 is 0 Å². The van der Waals surface area contributed by atoms with Crippen molar-refractivity contribution in [2.24, 2.45) is 17.3 Å². The Morgan fingerprint density at radius 1 is 1.09 bits per heavy atom. The Bertz CT molecular complexity index is 1140. The molecule has 6 atom stereocenters. The molecule has 0 spiro atoms. The van der Waals surface area contributed by atoms with E-state index in [4.69, 9.17) is 0 Å². The van der Waals surface area contributed by atoms with Crippen LogP contribution in [0.4, 0.5) is 0 Å². The molecule has 2 saturated carbocycles. The van der Waals surface area contributed by atoms with Crippen LogP contribution in [0.15, 0.2) is 60.0 Å². The van der Waals surface area contributed by atoms with Gasteiger partial charge in [-0.25, -0.2) is 0 Å². The first kappa shape index (κ1) is 21.5. The second kappa shape index (κ2) is 7.76. The summed E-state index contributed by atoms with van der Waals surface area (Å²) in [4.78, 5) is 4.33. The van der Waals surface area contributed by atoms with Gasteiger partial charge in [0.1, 0.15) is 0 Å². The molecule has 4 heteroatoms. The van der Waals surface area contributed by atoms with E-state index in [2.05, 4.69) is 48.3 Å². The van der Waals surface area contributed by atoms with Crippen LogP contribution in [0.3, 0.4) is 0 Å². The molecule has 6 rings (SSSR count). The molecule has 2 aromatic rings. The van der Waals surface area contributed by atoms with E-state index in [1.165, 1.54) is 32.5 Å². The monoisotopic (exact) mass is 444 g/mol. The number of nitrogens with zero attached hydrogens (tertiary/aromatic N) is 2. The van der Waals surface area contributed by atoms with Gasteiger partial charge >= 0.3 is 0 Å². The van der Waals surface area contributed by atoms with Crippen molar-refractivity contribution in [3.05, 3.63) is 65.5 Å². The topological polar surface area (TPSA) is 56.6 Å². The third-order valence-electron chi connectivity index (χ3n) is 9.83. The second-order valence-electron chi connectivity index (χ2n) is 11.4. The maximum atomic E-state index is 12.3. The minimum absolute atomic E-state index is 0.0655. The number of hydrogen-bond acceptors (Lipinski definition) is 4. The van der Waals surface area contributed by atoms with Gasteiger partial charge in [0.05, 0.1) is 5.60 Å². The summed E-state index contributed by atoms with van der Waals surface area (Å²) in [5, 5.41) is 26.1. The van der Waals surface area contributed by atoms with Gasteiger partial charge in [-0.05, 0) is 103 Å². The number of pyridine rings is 1. The van der Waals surface area contributed by atoms with Crippen molar-refractivity contribution in [1.29, 1.82) is 0 Å². The van der Waals surface area contributed by atoms with Crippen LogP contribution in [0.5, 0.6) is 0 Å². The smallest absolute Gasteiger partial charge is 0.0927 e. The number of allylic oxidation sites excluding steroid dienone is 2. The van der Waals surface area contributed by atoms with Crippen molar-refractivity contribution >= 4 is 10.8 Å². The van der Waals surface area contributed by atoms with Crippen LogP contribution in [0.1, 0.15) is 69.8 Å². The Morgan fingerprint density at radius 2 is 1.97 bits per heavy atom. The Kier molecular flexibility index (Phi) is 5.06. The predicted octanol–water partition coefficient (Wildman–Crippen LogP) is 6.01. The van der Waals surface area contributed by atoms with Gasteiger partial charge < -0.3 is 10.3 Å². The van der Waals surface area contributed by atoms with Gasteiger partial charge in [0.15, 0.2) is 0 Å². The fraction of sp³-hybridized carbons (Fsp3) is 0.552. The average molecular weight is 445 g/mol. The molecule has 2 fully saturated rings. The summed E-state index contributed by atoms with van der Waals surface area (Å²) < 4.78 is 0. The molecular weight excluding hydrogens is 408 g/mol. The standard InChI is InChI=1S/C29H36N2O2/c1-28-12-10-24-16-20-5-6-25(31(2)33)17-21(20)9-13-29(24,32)27(28)8-7-26(28)22-4-3-19-11-14-30-18-23(19)15-22/h3-4,10-11,14-16,18,21,25-27,32-33H,5-9,12-13,17H2,1-2H3/t21?,25?,26?,27?,28?,29-/m1/s1. The normalized spacial score (nSPS) is 38.2. The summed E-state index contributed by atoms with van der Waals surface area (Å²) in [5.41, 5.74) is 3.41. The molecule has 5 unspecified atom stereocenters. The van der Waals surface area contributed by atoms with Crippen LogP contribution >= 0.6 is 0 Å². The summed E-state index contributed by atoms with van der Waals surface area (Å²) in [5.74, 6) is 1.22. The zero-order chi connectivity index (χ0) is 22.8. The third kappa shape index (κ3) is 3.33. The first-order chi connectivity index (χ1) is 15.9. The van der Waals surface area contributed by atoms with Crippen LogP contribution in [0.2, 0.25) is 0 Å².